The van der Waals surface area contributed by atoms with E-state index in [0.717, 1.165) is 19.3 Å². The first-order chi connectivity index (χ1) is 7.14. The highest BCUT2D eigenvalue weighted by atomic mass is 16.5. The third-order valence-electron chi connectivity index (χ3n) is 3.65. The summed E-state index contributed by atoms with van der Waals surface area (Å²) in [6.45, 7) is 12.8. The SMILES string of the molecule is CC(C)CCC(O)C1CC(C)(C)OC1(C)C. The van der Waals surface area contributed by atoms with Gasteiger partial charge in [-0.25, -0.2) is 0 Å². The Balaban J connectivity index is 2.59. The van der Waals surface area contributed by atoms with Gasteiger partial charge in [-0.3, -0.25) is 0 Å². The standard InChI is InChI=1S/C14H28O2/c1-10(2)7-8-12(15)11-9-13(3,4)16-14(11,5)6/h10-12,15H,7-9H2,1-6H3. The lowest BCUT2D eigenvalue weighted by Crippen LogP contribution is -2.36. The molecule has 0 bridgehead atoms. The van der Waals surface area contributed by atoms with E-state index in [1.807, 2.05) is 0 Å². The van der Waals surface area contributed by atoms with Gasteiger partial charge in [0.25, 0.3) is 0 Å². The van der Waals surface area contributed by atoms with Crippen molar-refractivity contribution in [2.75, 3.05) is 0 Å². The fourth-order valence-corrected chi connectivity index (χ4v) is 2.91. The Bertz CT molecular complexity index is 231. The van der Waals surface area contributed by atoms with Gasteiger partial charge in [0.1, 0.15) is 0 Å². The van der Waals surface area contributed by atoms with Gasteiger partial charge in [0.05, 0.1) is 17.3 Å². The molecule has 0 aliphatic carbocycles. The molecule has 1 N–H and O–H groups in total. The van der Waals surface area contributed by atoms with Gasteiger partial charge >= 0.3 is 0 Å². The third kappa shape index (κ3) is 3.46. The number of ether oxygens (including phenoxy) is 1. The molecule has 0 aromatic carbocycles. The van der Waals surface area contributed by atoms with Crippen LogP contribution < -0.4 is 0 Å². The van der Waals surface area contributed by atoms with Crippen molar-refractivity contribution in [1.29, 1.82) is 0 Å². The lowest BCUT2D eigenvalue weighted by molar-refractivity contribution is -0.0884. The maximum Gasteiger partial charge on any atom is 0.0687 e. The zero-order valence-electron chi connectivity index (χ0n) is 11.7. The molecule has 2 heteroatoms. The zero-order valence-corrected chi connectivity index (χ0v) is 11.7. The maximum atomic E-state index is 10.3. The second kappa shape index (κ2) is 4.66. The van der Waals surface area contributed by atoms with Crippen LogP contribution in [0.2, 0.25) is 0 Å². The first kappa shape index (κ1) is 14.0. The quantitative estimate of drug-likeness (QED) is 0.799. The van der Waals surface area contributed by atoms with Crippen LogP contribution >= 0.6 is 0 Å². The molecule has 16 heavy (non-hydrogen) atoms. The molecule has 2 atom stereocenters. The first-order valence-corrected chi connectivity index (χ1v) is 6.52. The van der Waals surface area contributed by atoms with Crippen molar-refractivity contribution in [3.05, 3.63) is 0 Å². The minimum Gasteiger partial charge on any atom is -0.393 e. The molecule has 1 aliphatic heterocycles. The first-order valence-electron chi connectivity index (χ1n) is 6.52. The molecular weight excluding hydrogens is 200 g/mol. The van der Waals surface area contributed by atoms with Crippen LogP contribution in [0.5, 0.6) is 0 Å². The predicted octanol–water partition coefficient (Wildman–Crippen LogP) is 3.38. The fraction of sp³-hybridized carbons (Fsp3) is 1.00. The Morgan fingerprint density at radius 2 is 1.75 bits per heavy atom. The lowest BCUT2D eigenvalue weighted by Gasteiger charge is -2.30. The van der Waals surface area contributed by atoms with Crippen molar-refractivity contribution >= 4 is 0 Å². The van der Waals surface area contributed by atoms with Crippen molar-refractivity contribution in [3.63, 3.8) is 0 Å². The van der Waals surface area contributed by atoms with Gasteiger partial charge in [0.2, 0.25) is 0 Å². The summed E-state index contributed by atoms with van der Waals surface area (Å²) < 4.78 is 6.02. The summed E-state index contributed by atoms with van der Waals surface area (Å²) >= 11 is 0. The highest BCUT2D eigenvalue weighted by molar-refractivity contribution is 4.97. The Morgan fingerprint density at radius 1 is 1.19 bits per heavy atom. The molecular formula is C14H28O2. The average Bonchev–Trinajstić information content (AvgIpc) is 2.30. The second-order valence-electron chi connectivity index (χ2n) is 6.81. The van der Waals surface area contributed by atoms with Gasteiger partial charge in [-0.1, -0.05) is 13.8 Å². The molecule has 2 nitrogen and oxygen atoms in total. The van der Waals surface area contributed by atoms with Gasteiger partial charge in [-0.05, 0) is 52.9 Å². The van der Waals surface area contributed by atoms with Crippen LogP contribution in [0, 0.1) is 11.8 Å². The van der Waals surface area contributed by atoms with Crippen molar-refractivity contribution in [2.24, 2.45) is 11.8 Å². The molecule has 1 aliphatic rings. The maximum absolute atomic E-state index is 10.3. The summed E-state index contributed by atoms with van der Waals surface area (Å²) in [5.41, 5.74) is -0.285. The topological polar surface area (TPSA) is 29.5 Å². The second-order valence-corrected chi connectivity index (χ2v) is 6.81. The highest BCUT2D eigenvalue weighted by Crippen LogP contribution is 2.44. The molecule has 96 valence electrons. The van der Waals surface area contributed by atoms with Crippen LogP contribution in [0.3, 0.4) is 0 Å². The predicted molar refractivity (Wildman–Crippen MR) is 67.4 cm³/mol. The molecule has 0 aromatic rings. The lowest BCUT2D eigenvalue weighted by atomic mass is 9.81. The summed E-state index contributed by atoms with van der Waals surface area (Å²) in [5.74, 6) is 0.925. The molecule has 1 saturated heterocycles. The Hall–Kier alpha value is -0.0800. The fourth-order valence-electron chi connectivity index (χ4n) is 2.91. The van der Waals surface area contributed by atoms with E-state index in [2.05, 4.69) is 41.5 Å². The average molecular weight is 228 g/mol. The number of rotatable bonds is 4. The van der Waals surface area contributed by atoms with Gasteiger partial charge < -0.3 is 9.84 Å². The summed E-state index contributed by atoms with van der Waals surface area (Å²) in [6.07, 6.45) is 2.72. The smallest absolute Gasteiger partial charge is 0.0687 e. The van der Waals surface area contributed by atoms with Crippen LogP contribution in [0.1, 0.15) is 60.8 Å². The molecule has 0 spiro atoms. The Morgan fingerprint density at radius 3 is 2.12 bits per heavy atom. The number of aliphatic hydroxyl groups excluding tert-OH is 1. The van der Waals surface area contributed by atoms with Gasteiger partial charge in [-0.15, -0.1) is 0 Å². The number of hydrogen-bond acceptors (Lipinski definition) is 2. The van der Waals surface area contributed by atoms with Crippen molar-refractivity contribution in [2.45, 2.75) is 78.1 Å². The Kier molecular flexibility index (Phi) is 4.07. The van der Waals surface area contributed by atoms with Gasteiger partial charge in [0.15, 0.2) is 0 Å². The van der Waals surface area contributed by atoms with Crippen molar-refractivity contribution < 1.29 is 9.84 Å². The minimum absolute atomic E-state index is 0.0903. The van der Waals surface area contributed by atoms with Crippen LogP contribution in [0.4, 0.5) is 0 Å². The normalized spacial score (nSPS) is 29.6. The summed E-state index contributed by atoms with van der Waals surface area (Å²) in [5, 5.41) is 10.3. The van der Waals surface area contributed by atoms with Crippen LogP contribution in [-0.2, 0) is 4.74 Å². The van der Waals surface area contributed by atoms with E-state index in [4.69, 9.17) is 4.74 Å². The summed E-state index contributed by atoms with van der Waals surface area (Å²) in [7, 11) is 0. The van der Waals surface area contributed by atoms with E-state index in [1.54, 1.807) is 0 Å². The van der Waals surface area contributed by atoms with E-state index in [0.29, 0.717) is 5.92 Å². The summed E-state index contributed by atoms with van der Waals surface area (Å²) in [6, 6.07) is 0. The van der Waals surface area contributed by atoms with E-state index in [-0.39, 0.29) is 23.2 Å². The highest BCUT2D eigenvalue weighted by Gasteiger charge is 2.48. The molecule has 0 aromatic heterocycles. The van der Waals surface area contributed by atoms with Crippen LogP contribution in [0.25, 0.3) is 0 Å². The van der Waals surface area contributed by atoms with Crippen LogP contribution in [-0.4, -0.2) is 22.4 Å². The van der Waals surface area contributed by atoms with Crippen molar-refractivity contribution in [3.8, 4) is 0 Å². The molecule has 1 heterocycles. The molecule has 2 unspecified atom stereocenters. The molecule has 1 fully saturated rings. The van der Waals surface area contributed by atoms with Crippen molar-refractivity contribution in [1.82, 2.24) is 0 Å². The molecule has 0 radical (unpaired) electrons. The monoisotopic (exact) mass is 228 g/mol. The third-order valence-corrected chi connectivity index (χ3v) is 3.65. The zero-order chi connectivity index (χ0) is 12.6. The Labute approximate surface area is 100 Å². The van der Waals surface area contributed by atoms with Crippen LogP contribution in [0.15, 0.2) is 0 Å². The van der Waals surface area contributed by atoms with Gasteiger partial charge in [-0.2, -0.15) is 0 Å². The molecule has 0 saturated carbocycles. The summed E-state index contributed by atoms with van der Waals surface area (Å²) in [4.78, 5) is 0. The number of aliphatic hydroxyl groups is 1. The van der Waals surface area contributed by atoms with E-state index in [9.17, 15) is 5.11 Å². The minimum atomic E-state index is -0.223. The van der Waals surface area contributed by atoms with E-state index in [1.165, 1.54) is 0 Å². The molecule has 0 amide bonds. The van der Waals surface area contributed by atoms with E-state index >= 15 is 0 Å². The molecule has 1 rings (SSSR count). The largest absolute Gasteiger partial charge is 0.393 e. The van der Waals surface area contributed by atoms with E-state index < -0.39 is 0 Å². The number of hydrogen-bond donors (Lipinski definition) is 1. The van der Waals surface area contributed by atoms with Gasteiger partial charge in [0, 0.05) is 5.92 Å².